The summed E-state index contributed by atoms with van der Waals surface area (Å²) in [5.41, 5.74) is 0.809. The van der Waals surface area contributed by atoms with Crippen LogP contribution in [0.15, 0.2) is 5.03 Å². The standard InChI is InChI=1S/C28H47ClN4O4S/c1-5-21-37-24(34)19-17-15-13-11-9-7-6-8-10-12-14-16-18-20-33-23(4)30-26-25(33)27(32-28(29)31-26)38(35,36)22(2)3/h22H,5-21H2,1-4H3. The molecule has 0 saturated heterocycles. The Morgan fingerprint density at radius 2 is 1.39 bits per heavy atom. The van der Waals surface area contributed by atoms with Crippen LogP contribution in [0.4, 0.5) is 0 Å². The van der Waals surface area contributed by atoms with Crippen LogP contribution < -0.4 is 0 Å². The molecule has 2 heterocycles. The normalized spacial score (nSPS) is 12.1. The van der Waals surface area contributed by atoms with Crippen molar-refractivity contribution in [2.24, 2.45) is 0 Å². The van der Waals surface area contributed by atoms with Crippen molar-refractivity contribution >= 4 is 38.6 Å². The van der Waals surface area contributed by atoms with E-state index >= 15 is 0 Å². The molecule has 0 spiro atoms. The van der Waals surface area contributed by atoms with Crippen molar-refractivity contribution in [1.29, 1.82) is 0 Å². The molecule has 2 aromatic rings. The third-order valence-corrected chi connectivity index (χ3v) is 9.09. The number of nitrogens with zero attached hydrogens (tertiary/aromatic N) is 4. The number of imidazole rings is 1. The molecule has 0 bridgehead atoms. The summed E-state index contributed by atoms with van der Waals surface area (Å²) >= 11 is 6.01. The van der Waals surface area contributed by atoms with E-state index in [4.69, 9.17) is 16.3 Å². The lowest BCUT2D eigenvalue weighted by Crippen LogP contribution is -2.18. The van der Waals surface area contributed by atoms with Gasteiger partial charge in [0.15, 0.2) is 20.5 Å². The van der Waals surface area contributed by atoms with Crippen molar-refractivity contribution in [1.82, 2.24) is 19.5 Å². The summed E-state index contributed by atoms with van der Waals surface area (Å²) in [4.78, 5) is 24.2. The highest BCUT2D eigenvalue weighted by Gasteiger charge is 2.28. The Morgan fingerprint density at radius 1 is 0.868 bits per heavy atom. The minimum Gasteiger partial charge on any atom is -0.466 e. The predicted octanol–water partition coefficient (Wildman–Crippen LogP) is 7.38. The lowest BCUT2D eigenvalue weighted by molar-refractivity contribution is -0.143. The Kier molecular flexibility index (Phi) is 14.6. The second kappa shape index (κ2) is 17.1. The van der Waals surface area contributed by atoms with Crippen LogP contribution in [0.5, 0.6) is 0 Å². The molecule has 0 radical (unpaired) electrons. The molecule has 8 nitrogen and oxygen atoms in total. The number of hydrogen-bond acceptors (Lipinski definition) is 7. The number of rotatable bonds is 20. The first-order valence-electron chi connectivity index (χ1n) is 14.5. The number of carbonyl (C=O) groups excluding carboxylic acids is 1. The molecule has 2 rings (SSSR count). The van der Waals surface area contributed by atoms with E-state index in [-0.39, 0.29) is 16.3 Å². The highest BCUT2D eigenvalue weighted by Crippen LogP contribution is 2.26. The van der Waals surface area contributed by atoms with E-state index in [1.165, 1.54) is 57.8 Å². The number of fused-ring (bicyclic) bond motifs is 1. The molecule has 10 heteroatoms. The van der Waals surface area contributed by atoms with Crippen molar-refractivity contribution in [3.63, 3.8) is 0 Å². The van der Waals surface area contributed by atoms with Gasteiger partial charge in [0, 0.05) is 13.0 Å². The molecule has 0 aliphatic heterocycles. The zero-order valence-corrected chi connectivity index (χ0v) is 25.4. The SMILES string of the molecule is CCCOC(=O)CCCCCCCCCCCCCCCn1c(C)nc2nc(Cl)nc(S(=O)(=O)C(C)C)c21. The molecule has 0 aliphatic rings. The van der Waals surface area contributed by atoms with Crippen LogP contribution in [-0.4, -0.2) is 45.8 Å². The summed E-state index contributed by atoms with van der Waals surface area (Å²) in [5, 5.41) is -0.717. The summed E-state index contributed by atoms with van der Waals surface area (Å²) in [6.07, 6.45) is 16.8. The molecule has 0 atom stereocenters. The maximum Gasteiger partial charge on any atom is 0.305 e. The first kappa shape index (κ1) is 32.5. The number of aryl methyl sites for hydroxylation is 2. The molecule has 0 fully saturated rings. The number of unbranched alkanes of at least 4 members (excludes halogenated alkanes) is 12. The van der Waals surface area contributed by atoms with Gasteiger partial charge >= 0.3 is 5.97 Å². The first-order valence-corrected chi connectivity index (χ1v) is 16.4. The molecular formula is C28H47ClN4O4S. The molecule has 0 saturated carbocycles. The predicted molar refractivity (Wildman–Crippen MR) is 153 cm³/mol. The lowest BCUT2D eigenvalue weighted by atomic mass is 10.0. The second-order valence-corrected chi connectivity index (χ2v) is 13.2. The van der Waals surface area contributed by atoms with E-state index in [0.717, 1.165) is 37.9 Å². The van der Waals surface area contributed by atoms with Crippen molar-refractivity contribution in [3.8, 4) is 0 Å². The monoisotopic (exact) mass is 570 g/mol. The lowest BCUT2D eigenvalue weighted by Gasteiger charge is -2.12. The summed E-state index contributed by atoms with van der Waals surface area (Å²) in [6.45, 7) is 8.39. The number of sulfone groups is 1. The minimum absolute atomic E-state index is 0.0183. The molecular weight excluding hydrogens is 524 g/mol. The summed E-state index contributed by atoms with van der Waals surface area (Å²) in [5.74, 6) is 0.676. The maximum absolute atomic E-state index is 12.9. The molecule has 0 aromatic carbocycles. The van der Waals surface area contributed by atoms with Gasteiger partial charge in [-0.2, -0.15) is 4.98 Å². The largest absolute Gasteiger partial charge is 0.466 e. The van der Waals surface area contributed by atoms with Gasteiger partial charge in [0.25, 0.3) is 0 Å². The van der Waals surface area contributed by atoms with Gasteiger partial charge < -0.3 is 9.30 Å². The molecule has 0 amide bonds. The number of hydrogen-bond donors (Lipinski definition) is 0. The molecule has 216 valence electrons. The average Bonchev–Trinajstić information content (AvgIpc) is 3.18. The highest BCUT2D eigenvalue weighted by molar-refractivity contribution is 7.92. The van der Waals surface area contributed by atoms with Gasteiger partial charge in [-0.3, -0.25) is 4.79 Å². The van der Waals surface area contributed by atoms with Crippen molar-refractivity contribution < 1.29 is 17.9 Å². The van der Waals surface area contributed by atoms with Gasteiger partial charge in [-0.25, -0.2) is 18.4 Å². The summed E-state index contributed by atoms with van der Waals surface area (Å²) < 4.78 is 32.8. The summed E-state index contributed by atoms with van der Waals surface area (Å²) in [7, 11) is -3.61. The van der Waals surface area contributed by atoms with E-state index in [0.29, 0.717) is 30.7 Å². The Labute approximate surface area is 234 Å². The number of aromatic nitrogens is 4. The van der Waals surface area contributed by atoms with Gasteiger partial charge in [0.2, 0.25) is 5.28 Å². The number of ether oxygens (including phenoxy) is 1. The zero-order valence-electron chi connectivity index (χ0n) is 23.8. The van der Waals surface area contributed by atoms with Gasteiger partial charge in [-0.15, -0.1) is 0 Å². The van der Waals surface area contributed by atoms with E-state index in [2.05, 4.69) is 15.0 Å². The molecule has 0 aliphatic carbocycles. The van der Waals surface area contributed by atoms with Gasteiger partial charge in [-0.05, 0) is 51.6 Å². The summed E-state index contributed by atoms with van der Waals surface area (Å²) in [6, 6.07) is 0. The van der Waals surface area contributed by atoms with Crippen molar-refractivity contribution in [2.45, 2.75) is 141 Å². The quantitative estimate of drug-likeness (QED) is 0.0707. The third kappa shape index (κ3) is 10.4. The van der Waals surface area contributed by atoms with Crippen molar-refractivity contribution in [2.75, 3.05) is 6.61 Å². The van der Waals surface area contributed by atoms with Gasteiger partial charge in [-0.1, -0.05) is 77.6 Å². The molecule has 38 heavy (non-hydrogen) atoms. The zero-order chi connectivity index (χ0) is 28.0. The Hall–Kier alpha value is -1.74. The number of halogens is 1. The Bertz CT molecular complexity index is 1100. The molecule has 2 aromatic heterocycles. The fourth-order valence-corrected chi connectivity index (χ4v) is 5.90. The number of carbonyl (C=O) groups is 1. The maximum atomic E-state index is 12.9. The molecule has 0 N–H and O–H groups in total. The smallest absolute Gasteiger partial charge is 0.305 e. The van der Waals surface area contributed by atoms with E-state index in [9.17, 15) is 13.2 Å². The third-order valence-electron chi connectivity index (χ3n) is 6.85. The Morgan fingerprint density at radius 3 is 1.92 bits per heavy atom. The van der Waals surface area contributed by atoms with Crippen LogP contribution >= 0.6 is 11.6 Å². The van der Waals surface area contributed by atoms with Crippen LogP contribution in [0.1, 0.15) is 123 Å². The number of esters is 1. The van der Waals surface area contributed by atoms with E-state index in [1.807, 2.05) is 18.4 Å². The van der Waals surface area contributed by atoms with Gasteiger partial charge in [0.1, 0.15) is 11.3 Å². The molecule has 0 unspecified atom stereocenters. The minimum atomic E-state index is -3.61. The fourth-order valence-electron chi connectivity index (χ4n) is 4.55. The van der Waals surface area contributed by atoms with E-state index in [1.54, 1.807) is 13.8 Å². The van der Waals surface area contributed by atoms with E-state index < -0.39 is 15.1 Å². The van der Waals surface area contributed by atoms with Crippen LogP contribution in [0, 0.1) is 6.92 Å². The highest BCUT2D eigenvalue weighted by atomic mass is 35.5. The van der Waals surface area contributed by atoms with Crippen LogP contribution in [0.25, 0.3) is 11.2 Å². The van der Waals surface area contributed by atoms with Crippen molar-refractivity contribution in [3.05, 3.63) is 11.1 Å². The van der Waals surface area contributed by atoms with Crippen LogP contribution in [0.3, 0.4) is 0 Å². The second-order valence-electron chi connectivity index (χ2n) is 10.4. The fraction of sp³-hybridized carbons (Fsp3) is 0.786. The topological polar surface area (TPSA) is 104 Å². The Balaban J connectivity index is 1.59. The van der Waals surface area contributed by atoms with Gasteiger partial charge in [0.05, 0.1) is 11.9 Å². The van der Waals surface area contributed by atoms with Crippen LogP contribution in [-0.2, 0) is 25.9 Å². The first-order chi connectivity index (χ1) is 18.2. The average molecular weight is 571 g/mol. The van der Waals surface area contributed by atoms with Crippen LogP contribution in [0.2, 0.25) is 5.28 Å².